The molecule has 6 aromatic carbocycles. The number of rotatable bonds is 4. The molecule has 0 saturated carbocycles. The number of aromatic nitrogens is 4. The summed E-state index contributed by atoms with van der Waals surface area (Å²) in [4.78, 5) is 15.0. The van der Waals surface area contributed by atoms with Gasteiger partial charge in [-0.25, -0.2) is 15.0 Å². The van der Waals surface area contributed by atoms with Crippen LogP contribution in [0.1, 0.15) is 5.56 Å². The smallest absolute Gasteiger partial charge is 0.164 e. The molecular weight excluding hydrogens is 552 g/mol. The zero-order valence-corrected chi connectivity index (χ0v) is 24.5. The Morgan fingerprint density at radius 1 is 0.511 bits per heavy atom. The van der Waals surface area contributed by atoms with Crippen LogP contribution in [0.2, 0.25) is 0 Å². The SMILES string of the molecule is Cc1ccc(-c2nc(-c3ccccc3)nc(-c3ccccc3)n2)c2c1oc1cc3c(cc12)c1ccccc1n3-c1ccccc1. The lowest BCUT2D eigenvalue weighted by Gasteiger charge is -2.10. The van der Waals surface area contributed by atoms with E-state index in [-0.39, 0.29) is 0 Å². The second-order valence-corrected chi connectivity index (χ2v) is 11.3. The molecule has 0 atom stereocenters. The van der Waals surface area contributed by atoms with Crippen molar-refractivity contribution in [1.82, 2.24) is 19.5 Å². The van der Waals surface area contributed by atoms with Crippen molar-refractivity contribution in [2.45, 2.75) is 6.92 Å². The predicted octanol–water partition coefficient (Wildman–Crippen LogP) is 10.2. The fourth-order valence-electron chi connectivity index (χ4n) is 6.44. The molecule has 0 radical (unpaired) electrons. The molecule has 45 heavy (non-hydrogen) atoms. The summed E-state index contributed by atoms with van der Waals surface area (Å²) in [6.45, 7) is 2.09. The monoisotopic (exact) mass is 578 g/mol. The van der Waals surface area contributed by atoms with E-state index in [9.17, 15) is 0 Å². The number of nitrogens with zero attached hydrogens (tertiary/aromatic N) is 4. The molecule has 0 aliphatic heterocycles. The highest BCUT2D eigenvalue weighted by Gasteiger charge is 2.21. The van der Waals surface area contributed by atoms with Crippen LogP contribution in [0, 0.1) is 6.92 Å². The van der Waals surface area contributed by atoms with Crippen LogP contribution in [-0.4, -0.2) is 19.5 Å². The Hall–Kier alpha value is -6.07. The second-order valence-electron chi connectivity index (χ2n) is 11.3. The van der Waals surface area contributed by atoms with Crippen LogP contribution in [0.15, 0.2) is 144 Å². The van der Waals surface area contributed by atoms with Gasteiger partial charge in [0.1, 0.15) is 11.2 Å². The number of hydrogen-bond donors (Lipinski definition) is 0. The van der Waals surface area contributed by atoms with Gasteiger partial charge in [0.2, 0.25) is 0 Å². The summed E-state index contributed by atoms with van der Waals surface area (Å²) in [5.74, 6) is 1.88. The van der Waals surface area contributed by atoms with Crippen LogP contribution < -0.4 is 0 Å². The van der Waals surface area contributed by atoms with Gasteiger partial charge in [0.05, 0.1) is 11.0 Å². The number of benzene rings is 6. The third-order valence-electron chi connectivity index (χ3n) is 8.56. The van der Waals surface area contributed by atoms with Crippen LogP contribution in [0.25, 0.3) is 83.6 Å². The van der Waals surface area contributed by atoms with Crippen LogP contribution in [0.3, 0.4) is 0 Å². The summed E-state index contributed by atoms with van der Waals surface area (Å²) in [5.41, 5.74) is 8.90. The molecule has 5 heteroatoms. The molecule has 0 spiro atoms. The molecule has 0 unspecified atom stereocenters. The maximum absolute atomic E-state index is 6.69. The third kappa shape index (κ3) is 4.05. The van der Waals surface area contributed by atoms with E-state index in [4.69, 9.17) is 19.4 Å². The Morgan fingerprint density at radius 2 is 1.11 bits per heavy atom. The average Bonchev–Trinajstić information content (AvgIpc) is 3.64. The van der Waals surface area contributed by atoms with E-state index in [2.05, 4.69) is 84.3 Å². The highest BCUT2D eigenvalue weighted by atomic mass is 16.3. The van der Waals surface area contributed by atoms with Crippen molar-refractivity contribution in [2.75, 3.05) is 0 Å². The van der Waals surface area contributed by atoms with E-state index in [1.165, 1.54) is 10.8 Å². The molecule has 0 saturated heterocycles. The van der Waals surface area contributed by atoms with Crippen LogP contribution >= 0.6 is 0 Å². The Morgan fingerprint density at radius 3 is 1.80 bits per heavy atom. The predicted molar refractivity (Wildman–Crippen MR) is 182 cm³/mol. The first kappa shape index (κ1) is 25.4. The van der Waals surface area contributed by atoms with Gasteiger partial charge in [0.15, 0.2) is 17.5 Å². The Kier molecular flexibility index (Phi) is 5.65. The van der Waals surface area contributed by atoms with Gasteiger partial charge < -0.3 is 8.98 Å². The van der Waals surface area contributed by atoms with Gasteiger partial charge >= 0.3 is 0 Å². The first-order valence-corrected chi connectivity index (χ1v) is 15.0. The first-order valence-electron chi connectivity index (χ1n) is 15.0. The molecule has 9 aromatic rings. The number of hydrogen-bond acceptors (Lipinski definition) is 4. The van der Waals surface area contributed by atoms with E-state index in [1.54, 1.807) is 0 Å². The summed E-state index contributed by atoms with van der Waals surface area (Å²) in [7, 11) is 0. The molecule has 212 valence electrons. The van der Waals surface area contributed by atoms with Crippen molar-refractivity contribution in [3.8, 4) is 39.9 Å². The number of aryl methyl sites for hydroxylation is 1. The normalized spacial score (nSPS) is 11.7. The zero-order chi connectivity index (χ0) is 29.9. The maximum Gasteiger partial charge on any atom is 0.164 e. The van der Waals surface area contributed by atoms with Crippen molar-refractivity contribution >= 4 is 43.7 Å². The summed E-state index contributed by atoms with van der Waals surface area (Å²) >= 11 is 0. The Balaban J connectivity index is 1.36. The Labute approximate surface area is 259 Å². The topological polar surface area (TPSA) is 56.7 Å². The van der Waals surface area contributed by atoms with E-state index in [0.29, 0.717) is 17.5 Å². The molecule has 0 amide bonds. The molecule has 3 aromatic heterocycles. The van der Waals surface area contributed by atoms with Gasteiger partial charge in [-0.15, -0.1) is 0 Å². The standard InChI is InChI=1S/C40H26N4O/c1-25-21-22-30(40-42-38(26-13-5-2-6-14-26)41-39(43-40)27-15-7-3-8-16-27)36-32-23-31-29-19-11-12-20-33(29)44(28-17-9-4-10-18-28)34(31)24-35(32)45-37(25)36/h2-24H,1H3. The van der Waals surface area contributed by atoms with E-state index in [1.807, 2.05) is 66.7 Å². The van der Waals surface area contributed by atoms with Gasteiger partial charge in [-0.2, -0.15) is 0 Å². The number of fused-ring (bicyclic) bond motifs is 6. The molecule has 5 nitrogen and oxygen atoms in total. The molecule has 0 fully saturated rings. The largest absolute Gasteiger partial charge is 0.456 e. The fourth-order valence-corrected chi connectivity index (χ4v) is 6.44. The fraction of sp³-hybridized carbons (Fsp3) is 0.0250. The van der Waals surface area contributed by atoms with Crippen LogP contribution in [0.4, 0.5) is 0 Å². The molecule has 0 aliphatic carbocycles. The van der Waals surface area contributed by atoms with Crippen molar-refractivity contribution in [3.05, 3.63) is 145 Å². The van der Waals surface area contributed by atoms with Crippen molar-refractivity contribution < 1.29 is 4.42 Å². The summed E-state index contributed by atoms with van der Waals surface area (Å²) in [6.07, 6.45) is 0. The Bertz CT molecular complexity index is 2470. The first-order chi connectivity index (χ1) is 22.2. The number of para-hydroxylation sites is 2. The van der Waals surface area contributed by atoms with Crippen molar-refractivity contribution in [2.24, 2.45) is 0 Å². The quantitative estimate of drug-likeness (QED) is 0.208. The molecule has 3 heterocycles. The number of furan rings is 1. The summed E-state index contributed by atoms with van der Waals surface area (Å²) in [6, 6.07) is 47.9. The lowest BCUT2D eigenvalue weighted by atomic mass is 10.0. The van der Waals surface area contributed by atoms with Crippen molar-refractivity contribution in [1.29, 1.82) is 0 Å². The van der Waals surface area contributed by atoms with Gasteiger partial charge in [-0.05, 0) is 36.8 Å². The van der Waals surface area contributed by atoms with E-state index >= 15 is 0 Å². The van der Waals surface area contributed by atoms with E-state index < -0.39 is 0 Å². The van der Waals surface area contributed by atoms with E-state index in [0.717, 1.165) is 60.9 Å². The zero-order valence-electron chi connectivity index (χ0n) is 24.5. The van der Waals surface area contributed by atoms with Gasteiger partial charge in [-0.3, -0.25) is 0 Å². The lowest BCUT2D eigenvalue weighted by molar-refractivity contribution is 0.666. The second kappa shape index (κ2) is 10.00. The van der Waals surface area contributed by atoms with Crippen LogP contribution in [0.5, 0.6) is 0 Å². The lowest BCUT2D eigenvalue weighted by Crippen LogP contribution is -2.00. The summed E-state index contributed by atoms with van der Waals surface area (Å²) < 4.78 is 9.00. The highest BCUT2D eigenvalue weighted by Crippen LogP contribution is 2.42. The average molecular weight is 579 g/mol. The molecule has 0 bridgehead atoms. The van der Waals surface area contributed by atoms with Gasteiger partial charge in [0.25, 0.3) is 0 Å². The minimum absolute atomic E-state index is 0.613. The molecular formula is C40H26N4O. The van der Waals surface area contributed by atoms with Crippen LogP contribution in [-0.2, 0) is 0 Å². The highest BCUT2D eigenvalue weighted by molar-refractivity contribution is 6.20. The molecule has 9 rings (SSSR count). The van der Waals surface area contributed by atoms with Gasteiger partial charge in [-0.1, -0.05) is 109 Å². The third-order valence-corrected chi connectivity index (χ3v) is 8.56. The molecule has 0 aliphatic rings. The molecule has 0 N–H and O–H groups in total. The maximum atomic E-state index is 6.69. The van der Waals surface area contributed by atoms with Gasteiger partial charge in [0, 0.05) is 50.0 Å². The minimum atomic E-state index is 0.613. The van der Waals surface area contributed by atoms with Crippen molar-refractivity contribution in [3.63, 3.8) is 0 Å². The summed E-state index contributed by atoms with van der Waals surface area (Å²) in [5, 5.41) is 4.41. The minimum Gasteiger partial charge on any atom is -0.456 e.